The van der Waals surface area contributed by atoms with Gasteiger partial charge >= 0.3 is 6.18 Å². The number of nitrogens with zero attached hydrogens (tertiary/aromatic N) is 1. The summed E-state index contributed by atoms with van der Waals surface area (Å²) in [6.45, 7) is 1.86. The molecule has 1 aliphatic heterocycles. The minimum atomic E-state index is -4.68. The van der Waals surface area contributed by atoms with Gasteiger partial charge in [-0.05, 0) is 67.1 Å². The number of halogens is 5. The predicted octanol–water partition coefficient (Wildman–Crippen LogP) is 7.31. The molecule has 0 bridgehead atoms. The average Bonchev–Trinajstić information content (AvgIpc) is 2.99. The number of carbonyl (C=O) groups excluding carboxylic acids is 2. The third-order valence-corrected chi connectivity index (χ3v) is 6.54. The van der Waals surface area contributed by atoms with E-state index in [0.717, 1.165) is 29.5 Å². The number of carbonyl (C=O) groups is 2. The first-order valence-electron chi connectivity index (χ1n) is 9.81. The van der Waals surface area contributed by atoms with Crippen molar-refractivity contribution in [1.82, 2.24) is 0 Å². The molecule has 3 aromatic rings. The van der Waals surface area contributed by atoms with Crippen molar-refractivity contribution in [1.29, 1.82) is 0 Å². The predicted molar refractivity (Wildman–Crippen MR) is 128 cm³/mol. The van der Waals surface area contributed by atoms with Crippen molar-refractivity contribution in [3.8, 4) is 0 Å². The monoisotopic (exact) mass is 522 g/mol. The molecule has 0 saturated carbocycles. The zero-order valence-electron chi connectivity index (χ0n) is 17.4. The molecule has 4 rings (SSSR count). The van der Waals surface area contributed by atoms with E-state index in [0.29, 0.717) is 26.6 Å². The Morgan fingerprint density at radius 3 is 2.26 bits per heavy atom. The fourth-order valence-electron chi connectivity index (χ4n) is 3.28. The summed E-state index contributed by atoms with van der Waals surface area (Å²) in [5.74, 6) is -1.61. The van der Waals surface area contributed by atoms with Crippen LogP contribution in [-0.4, -0.2) is 11.8 Å². The number of thioether (sulfide) groups is 1. The van der Waals surface area contributed by atoms with Crippen LogP contribution < -0.4 is 10.2 Å². The molecule has 0 fully saturated rings. The van der Waals surface area contributed by atoms with E-state index in [1.54, 1.807) is 42.5 Å². The second-order valence-electron chi connectivity index (χ2n) is 7.36. The largest absolute Gasteiger partial charge is 0.416 e. The second kappa shape index (κ2) is 9.37. The summed E-state index contributed by atoms with van der Waals surface area (Å²) < 4.78 is 39.9. The Morgan fingerprint density at radius 2 is 1.62 bits per heavy atom. The summed E-state index contributed by atoms with van der Waals surface area (Å²) in [7, 11) is 0. The molecule has 0 aliphatic carbocycles. The third-order valence-electron chi connectivity index (χ3n) is 4.88. The maximum absolute atomic E-state index is 13.4. The minimum Gasteiger partial charge on any atom is -0.350 e. The Bertz CT molecular complexity index is 1320. The van der Waals surface area contributed by atoms with E-state index < -0.39 is 23.6 Å². The first kappa shape index (κ1) is 24.2. The van der Waals surface area contributed by atoms with Gasteiger partial charge in [-0.25, -0.2) is 4.90 Å². The van der Waals surface area contributed by atoms with Crippen LogP contribution in [0.1, 0.15) is 11.1 Å². The average molecular weight is 523 g/mol. The van der Waals surface area contributed by atoms with Crippen molar-refractivity contribution in [2.75, 3.05) is 10.2 Å². The Labute approximate surface area is 207 Å². The third kappa shape index (κ3) is 4.94. The van der Waals surface area contributed by atoms with Crippen molar-refractivity contribution in [2.45, 2.75) is 18.0 Å². The van der Waals surface area contributed by atoms with Gasteiger partial charge in [-0.2, -0.15) is 13.2 Å². The van der Waals surface area contributed by atoms with Gasteiger partial charge in [0.25, 0.3) is 11.8 Å². The molecule has 0 atom stereocenters. The van der Waals surface area contributed by atoms with Crippen LogP contribution >= 0.6 is 35.0 Å². The van der Waals surface area contributed by atoms with Gasteiger partial charge < -0.3 is 5.32 Å². The highest BCUT2D eigenvalue weighted by atomic mass is 35.5. The molecule has 0 radical (unpaired) electrons. The van der Waals surface area contributed by atoms with Gasteiger partial charge in [0.1, 0.15) is 10.6 Å². The lowest BCUT2D eigenvalue weighted by atomic mass is 10.2. The SMILES string of the molecule is Cc1cccc(NC2=C(Sc3ccc(Cl)cc3)C(=O)N(c3cc(C(F)(F)F)ccc3Cl)C2=O)c1. The summed E-state index contributed by atoms with van der Waals surface area (Å²) in [6.07, 6.45) is -4.68. The molecule has 1 aliphatic rings. The summed E-state index contributed by atoms with van der Waals surface area (Å²) in [6, 6.07) is 16.2. The van der Waals surface area contributed by atoms with Gasteiger partial charge in [0.05, 0.1) is 16.3 Å². The number of anilines is 2. The van der Waals surface area contributed by atoms with Crippen LogP contribution in [0.15, 0.2) is 82.2 Å². The van der Waals surface area contributed by atoms with Crippen molar-refractivity contribution >= 4 is 58.2 Å². The molecule has 0 spiro atoms. The number of aryl methyl sites for hydroxylation is 1. The van der Waals surface area contributed by atoms with Gasteiger partial charge in [-0.1, -0.05) is 47.1 Å². The summed E-state index contributed by atoms with van der Waals surface area (Å²) in [4.78, 5) is 28.1. The molecule has 1 N–H and O–H groups in total. The first-order valence-corrected chi connectivity index (χ1v) is 11.4. The lowest BCUT2D eigenvalue weighted by molar-refractivity contribution is -0.137. The first-order chi connectivity index (χ1) is 16.0. The number of rotatable bonds is 5. The quantitative estimate of drug-likeness (QED) is 0.357. The van der Waals surface area contributed by atoms with Gasteiger partial charge in [0.2, 0.25) is 0 Å². The second-order valence-corrected chi connectivity index (χ2v) is 9.29. The number of amides is 2. The van der Waals surface area contributed by atoms with E-state index in [9.17, 15) is 22.8 Å². The van der Waals surface area contributed by atoms with Crippen LogP contribution in [0.3, 0.4) is 0 Å². The van der Waals surface area contributed by atoms with E-state index in [1.165, 1.54) is 0 Å². The molecule has 0 unspecified atom stereocenters. The van der Waals surface area contributed by atoms with Crippen molar-refractivity contribution < 1.29 is 22.8 Å². The fourth-order valence-corrected chi connectivity index (χ4v) is 4.54. The molecule has 174 valence electrons. The molecule has 1 heterocycles. The van der Waals surface area contributed by atoms with E-state index in [4.69, 9.17) is 23.2 Å². The molecule has 0 saturated heterocycles. The van der Waals surface area contributed by atoms with Crippen molar-refractivity contribution in [3.63, 3.8) is 0 Å². The zero-order valence-corrected chi connectivity index (χ0v) is 19.7. The number of benzene rings is 3. The minimum absolute atomic E-state index is 0.0160. The lowest BCUT2D eigenvalue weighted by Gasteiger charge is -2.18. The number of alkyl halides is 3. The van der Waals surface area contributed by atoms with Gasteiger partial charge in [0.15, 0.2) is 0 Å². The van der Waals surface area contributed by atoms with Crippen LogP contribution in [0.2, 0.25) is 10.0 Å². The van der Waals surface area contributed by atoms with E-state index in [-0.39, 0.29) is 21.3 Å². The van der Waals surface area contributed by atoms with Crippen LogP contribution in [0.4, 0.5) is 24.5 Å². The normalized spacial score (nSPS) is 14.2. The van der Waals surface area contributed by atoms with Gasteiger partial charge in [-0.3, -0.25) is 9.59 Å². The number of hydrogen-bond donors (Lipinski definition) is 1. The molecule has 3 aromatic carbocycles. The van der Waals surface area contributed by atoms with Crippen LogP contribution in [0, 0.1) is 6.92 Å². The smallest absolute Gasteiger partial charge is 0.350 e. The molecular weight excluding hydrogens is 508 g/mol. The zero-order chi connectivity index (χ0) is 24.6. The van der Waals surface area contributed by atoms with Gasteiger partial charge in [0, 0.05) is 15.6 Å². The van der Waals surface area contributed by atoms with Crippen LogP contribution in [0.25, 0.3) is 0 Å². The maximum Gasteiger partial charge on any atom is 0.416 e. The number of hydrogen-bond acceptors (Lipinski definition) is 4. The van der Waals surface area contributed by atoms with Crippen LogP contribution in [0.5, 0.6) is 0 Å². The lowest BCUT2D eigenvalue weighted by Crippen LogP contribution is -2.33. The van der Waals surface area contributed by atoms with Crippen molar-refractivity contribution in [3.05, 3.63) is 98.5 Å². The molecule has 10 heteroatoms. The topological polar surface area (TPSA) is 49.4 Å². The van der Waals surface area contributed by atoms with Gasteiger partial charge in [-0.15, -0.1) is 0 Å². The Hall–Kier alpha value is -2.94. The summed E-state index contributed by atoms with van der Waals surface area (Å²) >= 11 is 13.1. The Morgan fingerprint density at radius 1 is 0.912 bits per heavy atom. The van der Waals surface area contributed by atoms with E-state index in [1.807, 2.05) is 13.0 Å². The molecule has 0 aromatic heterocycles. The van der Waals surface area contributed by atoms with E-state index >= 15 is 0 Å². The fraction of sp³-hybridized carbons (Fsp3) is 0.0833. The standard InChI is InChI=1S/C24H15Cl2F3N2O2S/c1-13-3-2-4-16(11-13)30-20-21(34-17-8-6-15(25)7-9-17)23(33)31(22(20)32)19-12-14(24(27,28)29)5-10-18(19)26/h2-12,30H,1H3. The Balaban J connectivity index is 1.79. The highest BCUT2D eigenvalue weighted by Crippen LogP contribution is 2.42. The summed E-state index contributed by atoms with van der Waals surface area (Å²) in [5, 5.41) is 3.29. The Kier molecular flexibility index (Phi) is 6.66. The molecule has 4 nitrogen and oxygen atoms in total. The molecule has 34 heavy (non-hydrogen) atoms. The number of nitrogens with one attached hydrogen (secondary N) is 1. The van der Waals surface area contributed by atoms with E-state index in [2.05, 4.69) is 5.32 Å². The maximum atomic E-state index is 13.4. The number of imide groups is 1. The summed E-state index contributed by atoms with van der Waals surface area (Å²) in [5.41, 5.74) is 0.0136. The molecular formula is C24H15Cl2F3N2O2S. The highest BCUT2D eigenvalue weighted by molar-refractivity contribution is 8.04. The highest BCUT2D eigenvalue weighted by Gasteiger charge is 2.42. The molecule has 2 amide bonds. The van der Waals surface area contributed by atoms with Crippen LogP contribution in [-0.2, 0) is 15.8 Å². The van der Waals surface area contributed by atoms with Crippen molar-refractivity contribution in [2.24, 2.45) is 0 Å².